The molecule has 1 heterocycles. The Kier molecular flexibility index (Phi) is 7.67. The Bertz CT molecular complexity index is 893. The summed E-state index contributed by atoms with van der Waals surface area (Å²) in [7, 11) is 0. The minimum Gasteiger partial charge on any atom is -0.444 e. The fourth-order valence-corrected chi connectivity index (χ4v) is 3.11. The number of nitrogens with one attached hydrogen (secondary N) is 2. The number of allylic oxidation sites excluding steroid dienone is 2. The first kappa shape index (κ1) is 22.6. The van der Waals surface area contributed by atoms with Gasteiger partial charge < -0.3 is 20.3 Å². The third-order valence-corrected chi connectivity index (χ3v) is 4.54. The molecule has 0 spiro atoms. The number of nitrogens with zero attached hydrogens (tertiary/aromatic N) is 4. The summed E-state index contributed by atoms with van der Waals surface area (Å²) in [5, 5.41) is 33.0. The van der Waals surface area contributed by atoms with Crippen molar-refractivity contribution in [1.82, 2.24) is 4.90 Å². The summed E-state index contributed by atoms with van der Waals surface area (Å²) in [6.45, 7) is 6.87. The van der Waals surface area contributed by atoms with Crippen LogP contribution in [0.5, 0.6) is 0 Å². The van der Waals surface area contributed by atoms with Gasteiger partial charge >= 0.3 is 6.09 Å². The Labute approximate surface area is 177 Å². The zero-order valence-electron chi connectivity index (χ0n) is 17.5. The molecule has 156 valence electrons. The predicted octanol–water partition coefficient (Wildman–Crippen LogP) is 4.12. The molecule has 1 unspecified atom stereocenters. The van der Waals surface area contributed by atoms with Crippen LogP contribution in [0.2, 0.25) is 0 Å². The number of anilines is 2. The number of carbonyl (C=O) groups excluding carboxylic acids is 1. The molecular weight excluding hydrogens is 380 g/mol. The summed E-state index contributed by atoms with van der Waals surface area (Å²) in [5.41, 5.74) is 0.574. The second-order valence-electron chi connectivity index (χ2n) is 7.99. The average molecular weight is 406 g/mol. The molecule has 0 aliphatic carbocycles. The van der Waals surface area contributed by atoms with Crippen LogP contribution in [-0.2, 0) is 4.74 Å². The molecule has 1 fully saturated rings. The van der Waals surface area contributed by atoms with Crippen molar-refractivity contribution in [3.8, 4) is 18.2 Å². The quantitative estimate of drug-likeness (QED) is 0.704. The molecule has 30 heavy (non-hydrogen) atoms. The van der Waals surface area contributed by atoms with Crippen LogP contribution in [-0.4, -0.2) is 35.7 Å². The first-order valence-electron chi connectivity index (χ1n) is 9.82. The van der Waals surface area contributed by atoms with Gasteiger partial charge in [-0.3, -0.25) is 0 Å². The number of hydrogen-bond acceptors (Lipinski definition) is 7. The van der Waals surface area contributed by atoms with Gasteiger partial charge in [-0.1, -0.05) is 0 Å². The van der Waals surface area contributed by atoms with E-state index in [4.69, 9.17) is 20.5 Å². The van der Waals surface area contributed by atoms with Crippen molar-refractivity contribution in [3.63, 3.8) is 0 Å². The fourth-order valence-electron chi connectivity index (χ4n) is 3.11. The van der Waals surface area contributed by atoms with E-state index in [-0.39, 0.29) is 23.4 Å². The Morgan fingerprint density at radius 2 is 1.73 bits per heavy atom. The molecule has 0 saturated carbocycles. The number of nitriles is 3. The van der Waals surface area contributed by atoms with Crippen molar-refractivity contribution < 1.29 is 9.53 Å². The largest absolute Gasteiger partial charge is 0.444 e. The van der Waals surface area contributed by atoms with Crippen molar-refractivity contribution in [1.29, 1.82) is 15.8 Å². The van der Waals surface area contributed by atoms with Gasteiger partial charge in [-0.2, -0.15) is 15.8 Å². The molecule has 8 heteroatoms. The number of ether oxygens (including phenoxy) is 1. The molecule has 0 radical (unpaired) electrons. The van der Waals surface area contributed by atoms with Crippen molar-refractivity contribution >= 4 is 17.5 Å². The van der Waals surface area contributed by atoms with Crippen molar-refractivity contribution in [2.24, 2.45) is 0 Å². The second kappa shape index (κ2) is 10.2. The van der Waals surface area contributed by atoms with E-state index in [2.05, 4.69) is 10.6 Å². The number of hydrogen-bond donors (Lipinski definition) is 2. The number of benzene rings is 1. The van der Waals surface area contributed by atoms with Crippen molar-refractivity contribution in [2.75, 3.05) is 23.7 Å². The van der Waals surface area contributed by atoms with Gasteiger partial charge in [-0.15, -0.1) is 0 Å². The third kappa shape index (κ3) is 6.43. The van der Waals surface area contributed by atoms with Gasteiger partial charge in [-0.05, 0) is 64.3 Å². The van der Waals surface area contributed by atoms with E-state index in [1.54, 1.807) is 29.2 Å². The lowest BCUT2D eigenvalue weighted by atomic mass is 10.0. The van der Waals surface area contributed by atoms with Gasteiger partial charge in [0.05, 0.1) is 6.04 Å². The van der Waals surface area contributed by atoms with E-state index in [0.717, 1.165) is 24.9 Å². The van der Waals surface area contributed by atoms with E-state index < -0.39 is 5.60 Å². The van der Waals surface area contributed by atoms with Crippen LogP contribution in [0.3, 0.4) is 0 Å². The topological polar surface area (TPSA) is 125 Å². The molecule has 1 aromatic carbocycles. The molecule has 2 rings (SSSR count). The number of rotatable bonds is 5. The van der Waals surface area contributed by atoms with Gasteiger partial charge in [0.15, 0.2) is 5.57 Å². The third-order valence-electron chi connectivity index (χ3n) is 4.54. The predicted molar refractivity (Wildman–Crippen MR) is 113 cm³/mol. The Balaban J connectivity index is 1.99. The van der Waals surface area contributed by atoms with Crippen LogP contribution in [0.25, 0.3) is 0 Å². The number of piperidine rings is 1. The highest BCUT2D eigenvalue weighted by atomic mass is 16.6. The molecule has 1 saturated heterocycles. The molecule has 0 aromatic heterocycles. The van der Waals surface area contributed by atoms with Crippen LogP contribution >= 0.6 is 0 Å². The number of likely N-dealkylation sites (tertiary alicyclic amines) is 1. The zero-order valence-corrected chi connectivity index (χ0v) is 17.5. The Hall–Kier alpha value is -3.70. The Morgan fingerprint density at radius 3 is 2.30 bits per heavy atom. The molecule has 1 aliphatic rings. The van der Waals surface area contributed by atoms with Gasteiger partial charge in [0.2, 0.25) is 0 Å². The highest BCUT2D eigenvalue weighted by Crippen LogP contribution is 2.22. The van der Waals surface area contributed by atoms with Gasteiger partial charge in [0.1, 0.15) is 29.5 Å². The molecular formula is C22H26N6O2. The number of carbonyl (C=O) groups is 1. The Morgan fingerprint density at radius 1 is 1.10 bits per heavy atom. The monoisotopic (exact) mass is 406 g/mol. The molecule has 0 bridgehead atoms. The molecule has 1 aliphatic heterocycles. The highest BCUT2D eigenvalue weighted by Gasteiger charge is 2.30. The first-order chi connectivity index (χ1) is 14.3. The van der Waals surface area contributed by atoms with Crippen LogP contribution in [0.15, 0.2) is 35.5 Å². The van der Waals surface area contributed by atoms with E-state index in [9.17, 15) is 4.79 Å². The minimum absolute atomic E-state index is 0.0494. The molecule has 1 amide bonds. The summed E-state index contributed by atoms with van der Waals surface area (Å²) in [4.78, 5) is 14.3. The standard InChI is InChI=1S/C22H26N6O2/c1-22(2,3)30-21(29)28-11-5-4-6-19(28)15-26-17-7-9-18(10-8-17)27-20(14-25)16(12-23)13-24/h7-10,19,26-27H,4-6,11,15H2,1-3H3. The lowest BCUT2D eigenvalue weighted by Gasteiger charge is -2.37. The highest BCUT2D eigenvalue weighted by molar-refractivity contribution is 5.69. The maximum atomic E-state index is 12.5. The SMILES string of the molecule is CC(C)(C)OC(=O)N1CCCCC1CNc1ccc(NC(C#N)=C(C#N)C#N)cc1. The molecule has 1 atom stereocenters. The van der Waals surface area contributed by atoms with Crippen LogP contribution in [0.4, 0.5) is 16.2 Å². The van der Waals surface area contributed by atoms with Crippen molar-refractivity contribution in [3.05, 3.63) is 35.5 Å². The average Bonchev–Trinajstić information content (AvgIpc) is 2.72. The number of amides is 1. The summed E-state index contributed by atoms with van der Waals surface area (Å²) >= 11 is 0. The van der Waals surface area contributed by atoms with Gasteiger partial charge in [-0.25, -0.2) is 4.79 Å². The minimum atomic E-state index is -0.525. The molecule has 8 nitrogen and oxygen atoms in total. The van der Waals surface area contributed by atoms with E-state index in [0.29, 0.717) is 18.8 Å². The molecule has 2 N–H and O–H groups in total. The first-order valence-corrected chi connectivity index (χ1v) is 9.82. The maximum absolute atomic E-state index is 12.5. The van der Waals surface area contributed by atoms with Gasteiger partial charge in [0, 0.05) is 24.5 Å². The maximum Gasteiger partial charge on any atom is 0.410 e. The van der Waals surface area contributed by atoms with Crippen LogP contribution < -0.4 is 10.6 Å². The van der Waals surface area contributed by atoms with E-state index >= 15 is 0 Å². The zero-order chi connectivity index (χ0) is 22.1. The summed E-state index contributed by atoms with van der Waals surface area (Å²) in [6.07, 6.45) is 2.67. The van der Waals surface area contributed by atoms with E-state index in [1.165, 1.54) is 0 Å². The second-order valence-corrected chi connectivity index (χ2v) is 7.99. The summed E-state index contributed by atoms with van der Waals surface area (Å²) in [6, 6.07) is 12.4. The molecule has 1 aromatic rings. The fraction of sp³-hybridized carbons (Fsp3) is 0.455. The summed E-state index contributed by atoms with van der Waals surface area (Å²) in [5.74, 6) is 0. The lowest BCUT2D eigenvalue weighted by Crippen LogP contribution is -2.48. The van der Waals surface area contributed by atoms with Crippen molar-refractivity contribution in [2.45, 2.75) is 51.7 Å². The van der Waals surface area contributed by atoms with Crippen LogP contribution in [0.1, 0.15) is 40.0 Å². The smallest absolute Gasteiger partial charge is 0.410 e. The summed E-state index contributed by atoms with van der Waals surface area (Å²) < 4.78 is 5.54. The van der Waals surface area contributed by atoms with E-state index in [1.807, 2.05) is 39.0 Å². The van der Waals surface area contributed by atoms with Gasteiger partial charge in [0.25, 0.3) is 0 Å². The lowest BCUT2D eigenvalue weighted by molar-refractivity contribution is 0.0114. The normalized spacial score (nSPS) is 15.7. The van der Waals surface area contributed by atoms with Crippen LogP contribution in [0, 0.1) is 34.0 Å².